The number of carbonyl (C=O) groups excluding carboxylic acids is 1. The molecule has 0 saturated heterocycles. The van der Waals surface area contributed by atoms with Gasteiger partial charge in [0.05, 0.1) is 12.3 Å². The van der Waals surface area contributed by atoms with Crippen molar-refractivity contribution in [3.63, 3.8) is 0 Å². The van der Waals surface area contributed by atoms with E-state index in [1.165, 1.54) is 0 Å². The highest BCUT2D eigenvalue weighted by Gasteiger charge is 2.25. The summed E-state index contributed by atoms with van der Waals surface area (Å²) in [5, 5.41) is 4.04. The van der Waals surface area contributed by atoms with Crippen LogP contribution in [0.1, 0.15) is 29.3 Å². The number of carbonyl (C=O) groups is 1. The summed E-state index contributed by atoms with van der Waals surface area (Å²) in [5.41, 5.74) is 5.73. The number of amides is 1. The van der Waals surface area contributed by atoms with Crippen LogP contribution in [0.15, 0.2) is 41.6 Å². The summed E-state index contributed by atoms with van der Waals surface area (Å²) in [6, 6.07) is 9.46. The molecule has 2 N–H and O–H groups in total. The molecular formula is C19H18F2N2O4. The van der Waals surface area contributed by atoms with Gasteiger partial charge in [0.1, 0.15) is 23.7 Å². The van der Waals surface area contributed by atoms with Crippen molar-refractivity contribution < 1.29 is 27.9 Å². The first kappa shape index (κ1) is 18.6. The summed E-state index contributed by atoms with van der Waals surface area (Å²) in [4.78, 5) is 16.5. The van der Waals surface area contributed by atoms with E-state index >= 15 is 0 Å². The summed E-state index contributed by atoms with van der Waals surface area (Å²) in [6.07, 6.45) is -0.00150. The predicted molar refractivity (Wildman–Crippen MR) is 94.0 cm³/mol. The van der Waals surface area contributed by atoms with Crippen molar-refractivity contribution in [2.45, 2.75) is 19.4 Å². The molecule has 3 rings (SSSR count). The van der Waals surface area contributed by atoms with Gasteiger partial charge >= 0.3 is 0 Å². The molecule has 1 unspecified atom stereocenters. The van der Waals surface area contributed by atoms with Crippen LogP contribution < -0.4 is 15.2 Å². The second-order valence-electron chi connectivity index (χ2n) is 5.84. The molecule has 1 aliphatic heterocycles. The number of hydrogen-bond donors (Lipinski definition) is 1. The van der Waals surface area contributed by atoms with E-state index in [1.54, 1.807) is 0 Å². The van der Waals surface area contributed by atoms with E-state index in [0.717, 1.165) is 23.4 Å². The summed E-state index contributed by atoms with van der Waals surface area (Å²) in [6.45, 7) is 2.42. The maximum atomic E-state index is 14.2. The maximum absolute atomic E-state index is 14.2. The fraction of sp³-hybridized carbons (Fsp3) is 0.263. The first-order valence-corrected chi connectivity index (χ1v) is 8.36. The van der Waals surface area contributed by atoms with Gasteiger partial charge in [0, 0.05) is 12.0 Å². The van der Waals surface area contributed by atoms with Gasteiger partial charge in [-0.15, -0.1) is 0 Å². The Bertz CT molecular complexity index is 886. The molecule has 8 heteroatoms. The Morgan fingerprint density at radius 2 is 2.11 bits per heavy atom. The average molecular weight is 376 g/mol. The Morgan fingerprint density at radius 1 is 1.30 bits per heavy atom. The number of primary amides is 1. The maximum Gasteiger partial charge on any atom is 0.254 e. The Morgan fingerprint density at radius 3 is 2.85 bits per heavy atom. The van der Waals surface area contributed by atoms with Crippen molar-refractivity contribution in [3.05, 3.63) is 59.2 Å². The highest BCUT2D eigenvalue weighted by Crippen LogP contribution is 2.25. The Balaban J connectivity index is 1.63. The first-order chi connectivity index (χ1) is 13.0. The summed E-state index contributed by atoms with van der Waals surface area (Å²) >= 11 is 0. The number of rotatable bonds is 7. The number of nitrogens with two attached hydrogens (primary N) is 1. The number of ether oxygens (including phenoxy) is 2. The monoisotopic (exact) mass is 376 g/mol. The highest BCUT2D eigenvalue weighted by atomic mass is 19.1. The van der Waals surface area contributed by atoms with Crippen LogP contribution in [0.2, 0.25) is 0 Å². The van der Waals surface area contributed by atoms with Crippen LogP contribution >= 0.6 is 0 Å². The smallest absolute Gasteiger partial charge is 0.254 e. The zero-order valence-electron chi connectivity index (χ0n) is 14.6. The van der Waals surface area contributed by atoms with Crippen LogP contribution in [-0.2, 0) is 4.84 Å². The molecule has 0 fully saturated rings. The molecule has 2 aromatic carbocycles. The van der Waals surface area contributed by atoms with Gasteiger partial charge in [-0.05, 0) is 31.2 Å². The first-order valence-electron chi connectivity index (χ1n) is 8.36. The van der Waals surface area contributed by atoms with Crippen molar-refractivity contribution >= 4 is 11.6 Å². The van der Waals surface area contributed by atoms with Gasteiger partial charge in [-0.25, -0.2) is 8.78 Å². The molecule has 6 nitrogen and oxygen atoms in total. The van der Waals surface area contributed by atoms with Gasteiger partial charge in [0.15, 0.2) is 17.7 Å². The molecule has 0 radical (unpaired) electrons. The van der Waals surface area contributed by atoms with E-state index in [9.17, 15) is 13.6 Å². The van der Waals surface area contributed by atoms with Crippen LogP contribution in [0, 0.1) is 11.6 Å². The number of benzene rings is 2. The number of nitrogens with zero attached hydrogens (tertiary/aromatic N) is 1. The Hall–Kier alpha value is -3.16. The fourth-order valence-electron chi connectivity index (χ4n) is 2.67. The van der Waals surface area contributed by atoms with Crippen molar-refractivity contribution in [2.75, 3.05) is 13.2 Å². The molecule has 0 bridgehead atoms. The van der Waals surface area contributed by atoms with E-state index in [-0.39, 0.29) is 12.4 Å². The average Bonchev–Trinajstić information content (AvgIpc) is 3.10. The highest BCUT2D eigenvalue weighted by molar-refractivity contribution is 6.01. The third-order valence-corrected chi connectivity index (χ3v) is 3.94. The molecular weight excluding hydrogens is 358 g/mol. The van der Waals surface area contributed by atoms with E-state index < -0.39 is 29.2 Å². The van der Waals surface area contributed by atoms with Crippen LogP contribution in [0.4, 0.5) is 8.78 Å². The zero-order valence-corrected chi connectivity index (χ0v) is 14.6. The number of oxime groups is 1. The van der Waals surface area contributed by atoms with E-state index in [4.69, 9.17) is 20.0 Å². The minimum atomic E-state index is -1.20. The molecule has 1 amide bonds. The molecule has 0 aromatic heterocycles. The van der Waals surface area contributed by atoms with Crippen LogP contribution in [0.5, 0.6) is 11.5 Å². The van der Waals surface area contributed by atoms with Crippen LogP contribution in [-0.4, -0.2) is 30.9 Å². The summed E-state index contributed by atoms with van der Waals surface area (Å²) in [7, 11) is 0. The largest absolute Gasteiger partial charge is 0.494 e. The topological polar surface area (TPSA) is 83.1 Å². The van der Waals surface area contributed by atoms with E-state index in [0.29, 0.717) is 18.7 Å². The van der Waals surface area contributed by atoms with Gasteiger partial charge in [0.2, 0.25) is 0 Å². The normalized spacial score (nSPS) is 15.8. The van der Waals surface area contributed by atoms with Gasteiger partial charge in [-0.1, -0.05) is 17.3 Å². The van der Waals surface area contributed by atoms with Gasteiger partial charge in [-0.3, -0.25) is 4.79 Å². The molecule has 1 aliphatic rings. The Labute approximate surface area is 154 Å². The molecule has 0 saturated carbocycles. The molecule has 1 heterocycles. The minimum Gasteiger partial charge on any atom is -0.494 e. The lowest BCUT2D eigenvalue weighted by atomic mass is 10.1. The molecule has 0 aliphatic carbocycles. The van der Waals surface area contributed by atoms with Crippen molar-refractivity contribution in [2.24, 2.45) is 10.9 Å². The molecule has 2 aromatic rings. The molecule has 0 spiro atoms. The third kappa shape index (κ3) is 4.16. The van der Waals surface area contributed by atoms with E-state index in [2.05, 4.69) is 5.16 Å². The minimum absolute atomic E-state index is 0.0289. The van der Waals surface area contributed by atoms with Gasteiger partial charge in [0.25, 0.3) is 5.91 Å². The van der Waals surface area contributed by atoms with Crippen LogP contribution in [0.25, 0.3) is 0 Å². The second kappa shape index (κ2) is 8.03. The van der Waals surface area contributed by atoms with E-state index in [1.807, 2.05) is 31.2 Å². The van der Waals surface area contributed by atoms with Crippen LogP contribution in [0.3, 0.4) is 0 Å². The Kier molecular flexibility index (Phi) is 5.54. The van der Waals surface area contributed by atoms with Crippen molar-refractivity contribution in [1.29, 1.82) is 0 Å². The SMILES string of the molecule is CCOc1cccc(C2=NOC(COc3ccc(F)c(C(N)=O)c3F)C2)c1. The van der Waals surface area contributed by atoms with Gasteiger partial charge < -0.3 is 20.0 Å². The molecule has 142 valence electrons. The second-order valence-corrected chi connectivity index (χ2v) is 5.84. The van der Waals surface area contributed by atoms with Crippen molar-refractivity contribution in [1.82, 2.24) is 0 Å². The zero-order chi connectivity index (χ0) is 19.4. The lowest BCUT2D eigenvalue weighted by Gasteiger charge is -2.12. The summed E-state index contributed by atoms with van der Waals surface area (Å²) in [5.74, 6) is -2.92. The fourth-order valence-corrected chi connectivity index (χ4v) is 2.67. The number of hydrogen-bond acceptors (Lipinski definition) is 5. The quantitative estimate of drug-likeness (QED) is 0.805. The summed E-state index contributed by atoms with van der Waals surface area (Å²) < 4.78 is 38.5. The van der Waals surface area contributed by atoms with Crippen molar-refractivity contribution in [3.8, 4) is 11.5 Å². The predicted octanol–water partition coefficient (Wildman–Crippen LogP) is 3.03. The third-order valence-electron chi connectivity index (χ3n) is 3.94. The van der Waals surface area contributed by atoms with Gasteiger partial charge in [-0.2, -0.15) is 0 Å². The number of halogens is 2. The molecule has 27 heavy (non-hydrogen) atoms. The standard InChI is InChI=1S/C19H18F2N2O4/c1-2-25-12-5-3-4-11(8-12)15-9-13(27-23-15)10-26-16-7-6-14(20)17(18(16)21)19(22)24/h3-8,13H,2,9-10H2,1H3,(H2,22,24). The lowest BCUT2D eigenvalue weighted by Crippen LogP contribution is -2.20. The molecule has 1 atom stereocenters. The lowest BCUT2D eigenvalue weighted by molar-refractivity contribution is 0.0458.